The number of ether oxygens (including phenoxy) is 2. The number of methoxy groups -OCH3 is 1. The second-order valence-electron chi connectivity index (χ2n) is 6.75. The minimum absolute atomic E-state index is 0.0395. The van der Waals surface area contributed by atoms with E-state index in [-0.39, 0.29) is 6.03 Å². The van der Waals surface area contributed by atoms with Crippen LogP contribution in [0.25, 0.3) is 0 Å². The number of carbonyl (C=O) groups is 1. The quantitative estimate of drug-likeness (QED) is 0.755. The molecule has 0 aromatic heterocycles. The Kier molecular flexibility index (Phi) is 5.66. The smallest absolute Gasteiger partial charge is 0.321 e. The lowest BCUT2D eigenvalue weighted by molar-refractivity contribution is 0.146. The fourth-order valence-electron chi connectivity index (χ4n) is 3.29. The van der Waals surface area contributed by atoms with Gasteiger partial charge in [-0.3, -0.25) is 0 Å². The summed E-state index contributed by atoms with van der Waals surface area (Å²) in [4.78, 5) is 14.6. The number of nitrogens with one attached hydrogen (secondary N) is 1. The maximum absolute atomic E-state index is 12.7. The van der Waals surface area contributed by atoms with Gasteiger partial charge in [-0.25, -0.2) is 4.79 Å². The standard InChI is InChI=1S/C18H25BrN2O3/c1-23-11-12-24-16-4-3-14(19)13-15(16)20-17(22)21-9-2-5-18(6-7-18)8-10-21/h3-4,13H,2,5-12H2,1H3,(H,20,22). The molecule has 3 rings (SSSR count). The Morgan fingerprint density at radius 1 is 1.25 bits per heavy atom. The van der Waals surface area contributed by atoms with Crippen LogP contribution in [0.2, 0.25) is 0 Å². The van der Waals surface area contributed by atoms with Crippen molar-refractivity contribution in [3.63, 3.8) is 0 Å². The predicted octanol–water partition coefficient (Wildman–Crippen LogP) is 4.27. The van der Waals surface area contributed by atoms with Crippen LogP contribution in [0.1, 0.15) is 32.1 Å². The summed E-state index contributed by atoms with van der Waals surface area (Å²) in [6.07, 6.45) is 6.18. The maximum Gasteiger partial charge on any atom is 0.321 e. The van der Waals surface area contributed by atoms with Crippen molar-refractivity contribution >= 4 is 27.6 Å². The van der Waals surface area contributed by atoms with Crippen LogP contribution in [0, 0.1) is 5.41 Å². The van der Waals surface area contributed by atoms with E-state index in [4.69, 9.17) is 9.47 Å². The topological polar surface area (TPSA) is 50.8 Å². The number of carbonyl (C=O) groups excluding carboxylic acids is 1. The lowest BCUT2D eigenvalue weighted by atomic mass is 9.98. The molecule has 1 saturated carbocycles. The summed E-state index contributed by atoms with van der Waals surface area (Å²) in [5, 5.41) is 3.01. The van der Waals surface area contributed by atoms with E-state index in [0.717, 1.165) is 30.4 Å². The number of nitrogens with zero attached hydrogens (tertiary/aromatic N) is 1. The molecule has 5 nitrogen and oxygen atoms in total. The fraction of sp³-hybridized carbons (Fsp3) is 0.611. The molecule has 0 unspecified atom stereocenters. The predicted molar refractivity (Wildman–Crippen MR) is 97.6 cm³/mol. The van der Waals surface area contributed by atoms with Crippen molar-refractivity contribution in [1.29, 1.82) is 0 Å². The van der Waals surface area contributed by atoms with E-state index in [0.29, 0.717) is 30.1 Å². The Balaban J connectivity index is 1.63. The Labute approximate surface area is 151 Å². The van der Waals surface area contributed by atoms with Gasteiger partial charge in [0.1, 0.15) is 12.4 Å². The summed E-state index contributed by atoms with van der Waals surface area (Å²) < 4.78 is 11.6. The lowest BCUT2D eigenvalue weighted by Crippen LogP contribution is -2.36. The van der Waals surface area contributed by atoms with Crippen molar-refractivity contribution in [2.45, 2.75) is 32.1 Å². The number of hydrogen-bond donors (Lipinski definition) is 1. The molecule has 1 spiro atoms. The lowest BCUT2D eigenvalue weighted by Gasteiger charge is -2.22. The van der Waals surface area contributed by atoms with Gasteiger partial charge in [0.15, 0.2) is 0 Å². The second kappa shape index (κ2) is 7.74. The summed E-state index contributed by atoms with van der Waals surface area (Å²) in [5.41, 5.74) is 1.25. The number of anilines is 1. The fourth-order valence-corrected chi connectivity index (χ4v) is 3.65. The van der Waals surface area contributed by atoms with Gasteiger partial charge in [-0.05, 0) is 55.7 Å². The van der Waals surface area contributed by atoms with E-state index in [2.05, 4.69) is 21.2 Å². The second-order valence-corrected chi connectivity index (χ2v) is 7.67. The van der Waals surface area contributed by atoms with Crippen molar-refractivity contribution in [2.24, 2.45) is 5.41 Å². The highest BCUT2D eigenvalue weighted by molar-refractivity contribution is 9.10. The first kappa shape index (κ1) is 17.5. The molecular formula is C18H25BrN2O3. The average Bonchev–Trinajstić information content (AvgIpc) is 3.36. The molecule has 1 N–H and O–H groups in total. The third kappa shape index (κ3) is 4.42. The Bertz CT molecular complexity index is 590. The molecule has 0 atom stereocenters. The van der Waals surface area contributed by atoms with Crippen molar-refractivity contribution in [1.82, 2.24) is 4.90 Å². The van der Waals surface area contributed by atoms with Crippen LogP contribution in [0.4, 0.5) is 10.5 Å². The SMILES string of the molecule is COCCOc1ccc(Br)cc1NC(=O)N1CCCC2(CC1)CC2. The van der Waals surface area contributed by atoms with Gasteiger partial charge in [0.2, 0.25) is 0 Å². The van der Waals surface area contributed by atoms with E-state index in [9.17, 15) is 4.79 Å². The summed E-state index contributed by atoms with van der Waals surface area (Å²) in [5.74, 6) is 0.664. The molecule has 0 radical (unpaired) electrons. The van der Waals surface area contributed by atoms with Gasteiger partial charge in [-0.2, -0.15) is 0 Å². The minimum atomic E-state index is -0.0395. The van der Waals surface area contributed by atoms with E-state index in [1.165, 1.54) is 19.3 Å². The van der Waals surface area contributed by atoms with E-state index >= 15 is 0 Å². The minimum Gasteiger partial charge on any atom is -0.489 e. The highest BCUT2D eigenvalue weighted by atomic mass is 79.9. The summed E-state index contributed by atoms with van der Waals surface area (Å²) >= 11 is 3.45. The third-order valence-corrected chi connectivity index (χ3v) is 5.51. The van der Waals surface area contributed by atoms with Gasteiger partial charge in [-0.15, -0.1) is 0 Å². The highest BCUT2D eigenvalue weighted by Crippen LogP contribution is 2.53. The first-order chi connectivity index (χ1) is 11.6. The number of rotatable bonds is 5. The normalized spacial score (nSPS) is 19.0. The Morgan fingerprint density at radius 3 is 2.83 bits per heavy atom. The van der Waals surface area contributed by atoms with Crippen molar-refractivity contribution < 1.29 is 14.3 Å². The molecule has 24 heavy (non-hydrogen) atoms. The van der Waals surface area contributed by atoms with E-state index < -0.39 is 0 Å². The molecule has 132 valence electrons. The third-order valence-electron chi connectivity index (χ3n) is 5.02. The number of likely N-dealkylation sites (tertiary alicyclic amines) is 1. The Morgan fingerprint density at radius 2 is 2.08 bits per heavy atom. The summed E-state index contributed by atoms with van der Waals surface area (Å²) in [7, 11) is 1.64. The first-order valence-corrected chi connectivity index (χ1v) is 9.38. The summed E-state index contributed by atoms with van der Waals surface area (Å²) in [6.45, 7) is 2.64. The van der Waals surface area contributed by atoms with Gasteiger partial charge in [0, 0.05) is 24.7 Å². The van der Waals surface area contributed by atoms with Crippen LogP contribution in [0.15, 0.2) is 22.7 Å². The van der Waals surface area contributed by atoms with Crippen molar-refractivity contribution in [3.05, 3.63) is 22.7 Å². The van der Waals surface area contributed by atoms with Crippen LogP contribution in [0.5, 0.6) is 5.75 Å². The van der Waals surface area contributed by atoms with Crippen molar-refractivity contribution in [2.75, 3.05) is 38.7 Å². The number of hydrogen-bond acceptors (Lipinski definition) is 3. The van der Waals surface area contributed by atoms with Gasteiger partial charge in [-0.1, -0.05) is 15.9 Å². The maximum atomic E-state index is 12.7. The number of amides is 2. The molecular weight excluding hydrogens is 372 g/mol. The zero-order valence-corrected chi connectivity index (χ0v) is 15.7. The molecule has 1 aliphatic carbocycles. The van der Waals surface area contributed by atoms with Crippen LogP contribution in [-0.4, -0.2) is 44.3 Å². The van der Waals surface area contributed by atoms with Gasteiger partial charge >= 0.3 is 6.03 Å². The zero-order valence-electron chi connectivity index (χ0n) is 14.1. The molecule has 1 aromatic rings. The molecule has 1 heterocycles. The van der Waals surface area contributed by atoms with Crippen LogP contribution >= 0.6 is 15.9 Å². The highest BCUT2D eigenvalue weighted by Gasteiger charge is 2.43. The molecule has 2 amide bonds. The molecule has 1 aromatic carbocycles. The van der Waals surface area contributed by atoms with Gasteiger partial charge in [0.25, 0.3) is 0 Å². The number of benzene rings is 1. The van der Waals surface area contributed by atoms with Gasteiger partial charge in [0.05, 0.1) is 12.3 Å². The van der Waals surface area contributed by atoms with Crippen LogP contribution in [0.3, 0.4) is 0 Å². The largest absolute Gasteiger partial charge is 0.489 e. The zero-order chi connectivity index (χ0) is 17.0. The van der Waals surface area contributed by atoms with Crippen molar-refractivity contribution in [3.8, 4) is 5.75 Å². The van der Waals surface area contributed by atoms with Crippen LogP contribution in [-0.2, 0) is 4.74 Å². The number of urea groups is 1. The molecule has 1 aliphatic heterocycles. The monoisotopic (exact) mass is 396 g/mol. The summed E-state index contributed by atoms with van der Waals surface area (Å²) in [6, 6.07) is 5.60. The molecule has 2 fully saturated rings. The molecule has 1 saturated heterocycles. The van der Waals surface area contributed by atoms with E-state index in [1.54, 1.807) is 7.11 Å². The average molecular weight is 397 g/mol. The first-order valence-electron chi connectivity index (χ1n) is 8.59. The van der Waals surface area contributed by atoms with Crippen LogP contribution < -0.4 is 10.1 Å². The molecule has 6 heteroatoms. The van der Waals surface area contributed by atoms with E-state index in [1.807, 2.05) is 23.1 Å². The van der Waals surface area contributed by atoms with Gasteiger partial charge < -0.3 is 19.7 Å². The Hall–Kier alpha value is -1.27. The number of halogens is 1. The molecule has 2 aliphatic rings. The molecule has 0 bridgehead atoms.